The van der Waals surface area contributed by atoms with E-state index in [0.29, 0.717) is 0 Å². The molecule has 1 heterocycles. The van der Waals surface area contributed by atoms with Gasteiger partial charge in [-0.3, -0.25) is 4.98 Å². The molecule has 2 atom stereocenters. The third-order valence-electron chi connectivity index (χ3n) is 3.72. The lowest BCUT2D eigenvalue weighted by Crippen LogP contribution is -2.39. The molecule has 0 amide bonds. The van der Waals surface area contributed by atoms with E-state index in [0.717, 1.165) is 35.8 Å². The summed E-state index contributed by atoms with van der Waals surface area (Å²) in [5, 5.41) is 0.743. The molecule has 1 aromatic rings. The van der Waals surface area contributed by atoms with Gasteiger partial charge in [0.2, 0.25) is 0 Å². The van der Waals surface area contributed by atoms with Crippen LogP contribution in [0.5, 0.6) is 0 Å². The van der Waals surface area contributed by atoms with Crippen LogP contribution in [0.1, 0.15) is 38.2 Å². The number of nitrogens with two attached hydrogens (primary N) is 1. The van der Waals surface area contributed by atoms with Crippen molar-refractivity contribution in [3.63, 3.8) is 0 Å². The number of rotatable bonds is 3. The summed E-state index contributed by atoms with van der Waals surface area (Å²) < 4.78 is 0. The molecule has 3 heteroatoms. The number of aromatic nitrogens is 1. The minimum Gasteiger partial charge on any atom is -0.325 e. The minimum atomic E-state index is -0.0499. The molecule has 0 bridgehead atoms. The van der Waals surface area contributed by atoms with Crippen LogP contribution in [0.3, 0.4) is 0 Å². The summed E-state index contributed by atoms with van der Waals surface area (Å²) >= 11 is 6.12. The van der Waals surface area contributed by atoms with Crippen LogP contribution in [0.15, 0.2) is 18.5 Å². The van der Waals surface area contributed by atoms with Gasteiger partial charge in [0.05, 0.1) is 5.02 Å². The molecule has 2 N–H and O–H groups in total. The molecule has 1 aliphatic carbocycles. The Morgan fingerprint density at radius 3 is 3.06 bits per heavy atom. The van der Waals surface area contributed by atoms with Crippen LogP contribution in [0.25, 0.3) is 0 Å². The van der Waals surface area contributed by atoms with Crippen molar-refractivity contribution in [1.29, 1.82) is 0 Å². The van der Waals surface area contributed by atoms with Crippen LogP contribution in [-0.4, -0.2) is 10.5 Å². The highest BCUT2D eigenvalue weighted by Crippen LogP contribution is 2.37. The zero-order valence-corrected chi connectivity index (χ0v) is 10.5. The van der Waals surface area contributed by atoms with E-state index in [4.69, 9.17) is 17.3 Å². The lowest BCUT2D eigenvalue weighted by Gasteiger charge is -2.24. The monoisotopic (exact) mass is 238 g/mol. The van der Waals surface area contributed by atoms with Crippen molar-refractivity contribution in [3.8, 4) is 0 Å². The Labute approximate surface area is 102 Å². The van der Waals surface area contributed by atoms with Crippen LogP contribution in [0.4, 0.5) is 0 Å². The number of hydrogen-bond acceptors (Lipinski definition) is 2. The van der Waals surface area contributed by atoms with Gasteiger partial charge in [0, 0.05) is 17.9 Å². The minimum absolute atomic E-state index is 0.0499. The average molecular weight is 239 g/mol. The molecular formula is C13H19ClN2. The lowest BCUT2D eigenvalue weighted by molar-refractivity contribution is 0.407. The predicted octanol–water partition coefficient (Wildman–Crippen LogP) is 3.19. The van der Waals surface area contributed by atoms with Gasteiger partial charge in [0.25, 0.3) is 0 Å². The summed E-state index contributed by atoms with van der Waals surface area (Å²) in [7, 11) is 0. The number of nitrogens with zero attached hydrogens (tertiary/aromatic N) is 1. The number of halogens is 1. The van der Waals surface area contributed by atoms with Gasteiger partial charge >= 0.3 is 0 Å². The highest BCUT2D eigenvalue weighted by molar-refractivity contribution is 6.31. The molecule has 2 unspecified atom stereocenters. The molecule has 2 nitrogen and oxygen atoms in total. The normalized spacial score (nSPS) is 29.6. The van der Waals surface area contributed by atoms with E-state index in [1.807, 2.05) is 6.07 Å². The molecule has 0 spiro atoms. The van der Waals surface area contributed by atoms with Crippen LogP contribution in [0, 0.1) is 5.92 Å². The number of hydrogen-bond donors (Lipinski definition) is 1. The molecule has 0 aliphatic heterocycles. The quantitative estimate of drug-likeness (QED) is 0.879. The highest BCUT2D eigenvalue weighted by atomic mass is 35.5. The Kier molecular flexibility index (Phi) is 3.50. The van der Waals surface area contributed by atoms with E-state index >= 15 is 0 Å². The van der Waals surface area contributed by atoms with Crippen LogP contribution in [0.2, 0.25) is 5.02 Å². The summed E-state index contributed by atoms with van der Waals surface area (Å²) in [6.45, 7) is 2.25. The largest absolute Gasteiger partial charge is 0.325 e. The first kappa shape index (κ1) is 11.9. The first-order valence-electron chi connectivity index (χ1n) is 6.00. The van der Waals surface area contributed by atoms with E-state index in [1.54, 1.807) is 12.4 Å². The van der Waals surface area contributed by atoms with Gasteiger partial charge in [-0.2, -0.15) is 0 Å². The number of pyridine rings is 1. The van der Waals surface area contributed by atoms with E-state index in [2.05, 4.69) is 11.9 Å². The second kappa shape index (κ2) is 4.72. The van der Waals surface area contributed by atoms with Crippen LogP contribution >= 0.6 is 11.6 Å². The van der Waals surface area contributed by atoms with Crippen molar-refractivity contribution >= 4 is 11.6 Å². The summed E-state index contributed by atoms with van der Waals surface area (Å²) in [5.74, 6) is 0.797. The first-order chi connectivity index (χ1) is 7.63. The van der Waals surface area contributed by atoms with Crippen molar-refractivity contribution < 1.29 is 0 Å². The molecule has 1 fully saturated rings. The Bertz CT molecular complexity index is 367. The standard InChI is InChI=1S/C13H19ClN2/c1-2-10-3-5-13(15,7-10)8-11-4-6-16-9-12(11)14/h4,6,9-10H,2-3,5,7-8,15H2,1H3. The summed E-state index contributed by atoms with van der Waals surface area (Å²) in [6.07, 6.45) is 9.11. The molecule has 2 rings (SSSR count). The summed E-state index contributed by atoms with van der Waals surface area (Å²) in [6, 6.07) is 1.98. The molecule has 0 saturated heterocycles. The van der Waals surface area contributed by atoms with E-state index in [1.165, 1.54) is 12.8 Å². The van der Waals surface area contributed by atoms with Crippen molar-refractivity contribution in [2.24, 2.45) is 11.7 Å². The van der Waals surface area contributed by atoms with Crippen molar-refractivity contribution in [2.75, 3.05) is 0 Å². The van der Waals surface area contributed by atoms with Crippen LogP contribution in [-0.2, 0) is 6.42 Å². The maximum absolute atomic E-state index is 6.45. The Morgan fingerprint density at radius 2 is 2.44 bits per heavy atom. The second-order valence-electron chi connectivity index (χ2n) is 5.02. The maximum Gasteiger partial charge on any atom is 0.0621 e. The van der Waals surface area contributed by atoms with Gasteiger partial charge in [-0.25, -0.2) is 0 Å². The summed E-state index contributed by atoms with van der Waals surface area (Å²) in [4.78, 5) is 4.00. The van der Waals surface area contributed by atoms with Crippen molar-refractivity contribution in [3.05, 3.63) is 29.0 Å². The molecule has 1 saturated carbocycles. The van der Waals surface area contributed by atoms with Crippen LogP contribution < -0.4 is 5.73 Å². The fraction of sp³-hybridized carbons (Fsp3) is 0.615. The Hall–Kier alpha value is -0.600. The van der Waals surface area contributed by atoms with E-state index in [-0.39, 0.29) is 5.54 Å². The average Bonchev–Trinajstić information content (AvgIpc) is 2.64. The Balaban J connectivity index is 2.08. The third-order valence-corrected chi connectivity index (χ3v) is 4.06. The molecule has 1 aliphatic rings. The SMILES string of the molecule is CCC1CCC(N)(Cc2ccncc2Cl)C1. The molecule has 0 aromatic carbocycles. The van der Waals surface area contributed by atoms with Crippen molar-refractivity contribution in [2.45, 2.75) is 44.6 Å². The molecule has 16 heavy (non-hydrogen) atoms. The van der Waals surface area contributed by atoms with Gasteiger partial charge in [-0.15, -0.1) is 0 Å². The zero-order chi connectivity index (χ0) is 11.6. The summed E-state index contributed by atoms with van der Waals surface area (Å²) in [5.41, 5.74) is 7.53. The first-order valence-corrected chi connectivity index (χ1v) is 6.38. The smallest absolute Gasteiger partial charge is 0.0621 e. The fourth-order valence-corrected chi connectivity index (χ4v) is 2.89. The zero-order valence-electron chi connectivity index (χ0n) is 9.75. The van der Waals surface area contributed by atoms with Gasteiger partial charge in [0.15, 0.2) is 0 Å². The maximum atomic E-state index is 6.45. The predicted molar refractivity (Wildman–Crippen MR) is 67.5 cm³/mol. The third kappa shape index (κ3) is 2.55. The van der Waals surface area contributed by atoms with Gasteiger partial charge in [-0.1, -0.05) is 24.9 Å². The Morgan fingerprint density at radius 1 is 1.62 bits per heavy atom. The van der Waals surface area contributed by atoms with Gasteiger partial charge in [-0.05, 0) is 43.2 Å². The second-order valence-corrected chi connectivity index (χ2v) is 5.43. The van der Waals surface area contributed by atoms with E-state index < -0.39 is 0 Å². The fourth-order valence-electron chi connectivity index (χ4n) is 2.71. The lowest BCUT2D eigenvalue weighted by atomic mass is 9.89. The molecular weight excluding hydrogens is 220 g/mol. The van der Waals surface area contributed by atoms with E-state index in [9.17, 15) is 0 Å². The van der Waals surface area contributed by atoms with Gasteiger partial charge in [0.1, 0.15) is 0 Å². The molecule has 88 valence electrons. The van der Waals surface area contributed by atoms with Gasteiger partial charge < -0.3 is 5.73 Å². The van der Waals surface area contributed by atoms with Crippen molar-refractivity contribution in [1.82, 2.24) is 4.98 Å². The highest BCUT2D eigenvalue weighted by Gasteiger charge is 2.35. The topological polar surface area (TPSA) is 38.9 Å². The molecule has 0 radical (unpaired) electrons. The molecule has 1 aromatic heterocycles.